The summed E-state index contributed by atoms with van der Waals surface area (Å²) in [6, 6.07) is 15.7. The second-order valence-electron chi connectivity index (χ2n) is 9.31. The minimum Gasteiger partial charge on any atom is -0.363 e. The highest BCUT2D eigenvalue weighted by Crippen LogP contribution is 2.40. The number of hydrazone groups is 1. The van der Waals surface area contributed by atoms with Gasteiger partial charge in [-0.25, -0.2) is 5.43 Å². The van der Waals surface area contributed by atoms with Crippen LogP contribution < -0.4 is 10.3 Å². The quantitative estimate of drug-likeness (QED) is 0.337. The van der Waals surface area contributed by atoms with Crippen LogP contribution in [0.1, 0.15) is 60.6 Å². The molecule has 0 aliphatic carbocycles. The minimum atomic E-state index is -0.271. The fourth-order valence-electron chi connectivity index (χ4n) is 4.85. The van der Waals surface area contributed by atoms with Crippen molar-refractivity contribution >= 4 is 35.0 Å². The second-order valence-corrected chi connectivity index (χ2v) is 9.72. The van der Waals surface area contributed by atoms with Gasteiger partial charge in [0.1, 0.15) is 0 Å². The van der Waals surface area contributed by atoms with E-state index in [4.69, 9.17) is 11.6 Å². The van der Waals surface area contributed by atoms with Gasteiger partial charge in [-0.1, -0.05) is 17.7 Å². The maximum atomic E-state index is 12.6. The SMILES string of the molecule is CCN1c2cc(Cl)c(/C=N\NC(=O)c3ccc(-n4c(C)ccc4C)cc3)cc2C(C)=CC1(C)C. The lowest BCUT2D eigenvalue weighted by Crippen LogP contribution is -2.44. The van der Waals surface area contributed by atoms with Gasteiger partial charge in [-0.15, -0.1) is 0 Å². The van der Waals surface area contributed by atoms with E-state index >= 15 is 0 Å². The molecule has 4 rings (SSSR count). The lowest BCUT2D eigenvalue weighted by Gasteiger charge is -2.43. The standard InChI is InChI=1S/C28H31ClN4O/c1-7-32-26-15-25(29)22(14-24(26)18(2)16-28(32,5)6)17-30-31-27(34)21-10-12-23(13-11-21)33-19(3)8-9-20(33)4/h8-17H,7H2,1-6H3,(H,31,34)/b30-17-. The Hall–Kier alpha value is -3.31. The molecule has 0 bridgehead atoms. The summed E-state index contributed by atoms with van der Waals surface area (Å²) in [4.78, 5) is 14.9. The molecule has 1 aliphatic rings. The van der Waals surface area contributed by atoms with Crippen molar-refractivity contribution in [2.75, 3.05) is 11.4 Å². The molecule has 0 saturated heterocycles. The number of anilines is 1. The summed E-state index contributed by atoms with van der Waals surface area (Å²) >= 11 is 6.60. The molecule has 0 atom stereocenters. The van der Waals surface area contributed by atoms with E-state index in [1.165, 1.54) is 5.57 Å². The van der Waals surface area contributed by atoms with Crippen molar-refractivity contribution in [3.8, 4) is 5.69 Å². The summed E-state index contributed by atoms with van der Waals surface area (Å²) < 4.78 is 2.15. The topological polar surface area (TPSA) is 49.6 Å². The van der Waals surface area contributed by atoms with Crippen LogP contribution >= 0.6 is 11.6 Å². The van der Waals surface area contributed by atoms with Crippen LogP contribution in [0, 0.1) is 13.8 Å². The molecule has 1 aliphatic heterocycles. The molecule has 1 amide bonds. The number of carbonyl (C=O) groups excluding carboxylic acids is 1. The summed E-state index contributed by atoms with van der Waals surface area (Å²) in [7, 11) is 0. The van der Waals surface area contributed by atoms with Crippen molar-refractivity contribution in [2.24, 2.45) is 5.10 Å². The van der Waals surface area contributed by atoms with E-state index in [9.17, 15) is 4.79 Å². The van der Waals surface area contributed by atoms with Crippen LogP contribution in [-0.4, -0.2) is 28.8 Å². The Morgan fingerprint density at radius 2 is 1.71 bits per heavy atom. The average molecular weight is 475 g/mol. The highest BCUT2D eigenvalue weighted by atomic mass is 35.5. The van der Waals surface area contributed by atoms with Gasteiger partial charge in [-0.05, 0) is 95.6 Å². The Morgan fingerprint density at radius 3 is 2.32 bits per heavy atom. The van der Waals surface area contributed by atoms with Crippen molar-refractivity contribution in [3.63, 3.8) is 0 Å². The smallest absolute Gasteiger partial charge is 0.271 e. The molecule has 176 valence electrons. The number of aromatic nitrogens is 1. The number of allylic oxidation sites excluding steroid dienone is 1. The van der Waals surface area contributed by atoms with Crippen molar-refractivity contribution in [3.05, 3.63) is 87.7 Å². The number of amides is 1. The molecule has 3 aromatic rings. The Balaban J connectivity index is 1.51. The Bertz CT molecular complexity index is 1280. The third-order valence-corrected chi connectivity index (χ3v) is 6.77. The van der Waals surface area contributed by atoms with E-state index in [1.54, 1.807) is 18.3 Å². The van der Waals surface area contributed by atoms with E-state index in [0.29, 0.717) is 10.6 Å². The van der Waals surface area contributed by atoms with Crippen LogP contribution in [0.4, 0.5) is 5.69 Å². The molecule has 1 N–H and O–H groups in total. The van der Waals surface area contributed by atoms with Gasteiger partial charge in [-0.2, -0.15) is 5.10 Å². The zero-order chi connectivity index (χ0) is 24.6. The number of carbonyl (C=O) groups is 1. The van der Waals surface area contributed by atoms with Crippen molar-refractivity contribution in [2.45, 2.75) is 47.1 Å². The monoisotopic (exact) mass is 474 g/mol. The zero-order valence-electron chi connectivity index (χ0n) is 20.6. The van der Waals surface area contributed by atoms with E-state index in [0.717, 1.165) is 40.4 Å². The number of hydrogen-bond acceptors (Lipinski definition) is 3. The van der Waals surface area contributed by atoms with Crippen LogP contribution in [0.3, 0.4) is 0 Å². The Labute approximate surface area is 206 Å². The molecule has 0 saturated carbocycles. The normalized spacial score (nSPS) is 14.8. The van der Waals surface area contributed by atoms with Gasteiger partial charge in [0.25, 0.3) is 5.91 Å². The third-order valence-electron chi connectivity index (χ3n) is 6.44. The number of aryl methyl sites for hydroxylation is 2. The van der Waals surface area contributed by atoms with Crippen molar-refractivity contribution < 1.29 is 4.79 Å². The molecule has 0 radical (unpaired) electrons. The van der Waals surface area contributed by atoms with Crippen LogP contribution in [0.25, 0.3) is 11.3 Å². The van der Waals surface area contributed by atoms with Crippen molar-refractivity contribution in [1.82, 2.24) is 9.99 Å². The predicted molar refractivity (Wildman–Crippen MR) is 143 cm³/mol. The molecule has 0 spiro atoms. The van der Waals surface area contributed by atoms with Crippen molar-refractivity contribution in [1.29, 1.82) is 0 Å². The summed E-state index contributed by atoms with van der Waals surface area (Å²) in [6.45, 7) is 13.7. The van der Waals surface area contributed by atoms with Crippen LogP contribution in [-0.2, 0) is 0 Å². The summed E-state index contributed by atoms with van der Waals surface area (Å²) in [5, 5.41) is 4.77. The van der Waals surface area contributed by atoms with Crippen LogP contribution in [0.15, 0.2) is 59.7 Å². The number of halogens is 1. The average Bonchev–Trinajstić information content (AvgIpc) is 3.12. The lowest BCUT2D eigenvalue weighted by molar-refractivity contribution is 0.0955. The summed E-state index contributed by atoms with van der Waals surface area (Å²) in [5.74, 6) is -0.271. The summed E-state index contributed by atoms with van der Waals surface area (Å²) in [6.07, 6.45) is 3.88. The molecule has 0 fully saturated rings. The van der Waals surface area contributed by atoms with E-state index < -0.39 is 0 Å². The van der Waals surface area contributed by atoms with Gasteiger partial charge in [0.15, 0.2) is 0 Å². The van der Waals surface area contributed by atoms with Crippen LogP contribution in [0.2, 0.25) is 5.02 Å². The van der Waals surface area contributed by atoms with E-state index in [1.807, 2.05) is 24.3 Å². The number of nitrogens with zero attached hydrogens (tertiary/aromatic N) is 3. The maximum absolute atomic E-state index is 12.6. The fraction of sp³-hybridized carbons (Fsp3) is 0.286. The molecular formula is C28H31ClN4O. The molecule has 6 heteroatoms. The number of hydrogen-bond donors (Lipinski definition) is 1. The van der Waals surface area contributed by atoms with Gasteiger partial charge in [0, 0.05) is 46.0 Å². The third kappa shape index (κ3) is 4.40. The van der Waals surface area contributed by atoms with Gasteiger partial charge in [-0.3, -0.25) is 4.79 Å². The first-order chi connectivity index (χ1) is 16.1. The second kappa shape index (κ2) is 9.15. The van der Waals surface area contributed by atoms with Gasteiger partial charge in [0.05, 0.1) is 16.8 Å². The van der Waals surface area contributed by atoms with Gasteiger partial charge in [0.2, 0.25) is 0 Å². The number of benzene rings is 2. The van der Waals surface area contributed by atoms with E-state index in [2.05, 4.69) is 79.7 Å². The first-order valence-corrected chi connectivity index (χ1v) is 11.9. The molecule has 0 unspecified atom stereocenters. The molecule has 5 nitrogen and oxygen atoms in total. The molecular weight excluding hydrogens is 444 g/mol. The van der Waals surface area contributed by atoms with Crippen LogP contribution in [0.5, 0.6) is 0 Å². The lowest BCUT2D eigenvalue weighted by atomic mass is 9.88. The number of likely N-dealkylation sites (N-methyl/N-ethyl adjacent to an activating group) is 1. The Kier molecular flexibility index (Phi) is 6.41. The number of fused-ring (bicyclic) bond motifs is 1. The highest BCUT2D eigenvalue weighted by molar-refractivity contribution is 6.33. The first kappa shape index (κ1) is 23.8. The first-order valence-electron chi connectivity index (χ1n) is 11.5. The molecule has 34 heavy (non-hydrogen) atoms. The largest absolute Gasteiger partial charge is 0.363 e. The Morgan fingerprint density at radius 1 is 1.06 bits per heavy atom. The molecule has 2 heterocycles. The fourth-order valence-corrected chi connectivity index (χ4v) is 5.06. The molecule has 1 aromatic heterocycles. The van der Waals surface area contributed by atoms with E-state index in [-0.39, 0.29) is 11.4 Å². The summed E-state index contributed by atoms with van der Waals surface area (Å²) in [5.41, 5.74) is 10.6. The zero-order valence-corrected chi connectivity index (χ0v) is 21.4. The number of rotatable bonds is 5. The minimum absolute atomic E-state index is 0.0764. The molecule has 2 aromatic carbocycles. The van der Waals surface area contributed by atoms with Gasteiger partial charge >= 0.3 is 0 Å². The van der Waals surface area contributed by atoms with Gasteiger partial charge < -0.3 is 9.47 Å². The predicted octanol–water partition coefficient (Wildman–Crippen LogP) is 6.53. The maximum Gasteiger partial charge on any atom is 0.271 e. The number of nitrogens with one attached hydrogen (secondary N) is 1. The highest BCUT2D eigenvalue weighted by Gasteiger charge is 2.30.